The Kier molecular flexibility index (Phi) is 5.59. The smallest absolute Gasteiger partial charge is 0.305 e. The number of hydrogen-bond donors (Lipinski definition) is 3. The van der Waals surface area contributed by atoms with E-state index < -0.39 is 5.97 Å². The molecule has 6 nitrogen and oxygen atoms in total. The maximum Gasteiger partial charge on any atom is 0.305 e. The molecule has 1 saturated carbocycles. The van der Waals surface area contributed by atoms with Crippen molar-refractivity contribution in [3.8, 4) is 11.5 Å². The highest BCUT2D eigenvalue weighted by atomic mass is 32.2. The minimum atomic E-state index is -0.807. The summed E-state index contributed by atoms with van der Waals surface area (Å²) >= 11 is 1.61. The highest BCUT2D eigenvalue weighted by Crippen LogP contribution is 2.36. The summed E-state index contributed by atoms with van der Waals surface area (Å²) in [6.07, 6.45) is 4.95. The summed E-state index contributed by atoms with van der Waals surface area (Å²) in [6.45, 7) is 0. The van der Waals surface area contributed by atoms with Crippen LogP contribution in [0.5, 0.6) is 11.5 Å². The van der Waals surface area contributed by atoms with Crippen LogP contribution in [0.3, 0.4) is 0 Å². The number of aliphatic imine (C=N–C) groups is 1. The number of hydrogen-bond acceptors (Lipinski definition) is 5. The average Bonchev–Trinajstić information content (AvgIpc) is 3.49. The van der Waals surface area contributed by atoms with Crippen LogP contribution in [0.1, 0.15) is 37.8 Å². The maximum absolute atomic E-state index is 11.0. The van der Waals surface area contributed by atoms with Gasteiger partial charge in [0.15, 0.2) is 0 Å². The first-order valence-corrected chi connectivity index (χ1v) is 11.7. The molecule has 3 aromatic rings. The van der Waals surface area contributed by atoms with Gasteiger partial charge in [-0.3, -0.25) is 9.79 Å². The molecule has 31 heavy (non-hydrogen) atoms. The lowest BCUT2D eigenvalue weighted by Crippen LogP contribution is -2.14. The molecule has 160 valence electrons. The number of benzene rings is 2. The zero-order chi connectivity index (χ0) is 21.2. The van der Waals surface area contributed by atoms with Crippen molar-refractivity contribution in [1.82, 2.24) is 4.98 Å². The van der Waals surface area contributed by atoms with Crippen molar-refractivity contribution >= 4 is 39.4 Å². The Morgan fingerprint density at radius 2 is 1.97 bits per heavy atom. The molecule has 7 heteroatoms. The normalized spacial score (nSPS) is 19.0. The van der Waals surface area contributed by atoms with E-state index in [0.29, 0.717) is 11.8 Å². The molecule has 2 aromatic carbocycles. The average molecular weight is 436 g/mol. The molecule has 0 unspecified atom stereocenters. The first-order chi connectivity index (χ1) is 15.1. The Balaban J connectivity index is 1.49. The quantitative estimate of drug-likeness (QED) is 0.446. The van der Waals surface area contributed by atoms with Crippen molar-refractivity contribution in [1.29, 1.82) is 0 Å². The van der Waals surface area contributed by atoms with Gasteiger partial charge in [0, 0.05) is 23.2 Å². The van der Waals surface area contributed by atoms with Crippen LogP contribution in [0, 0.1) is 0 Å². The van der Waals surface area contributed by atoms with Crippen molar-refractivity contribution in [3.05, 3.63) is 54.2 Å². The molecule has 0 amide bonds. The Labute approximate surface area is 185 Å². The number of aromatic nitrogens is 1. The Morgan fingerprint density at radius 3 is 2.74 bits per heavy atom. The van der Waals surface area contributed by atoms with Crippen LogP contribution in [0.15, 0.2) is 53.5 Å². The zero-order valence-electron chi connectivity index (χ0n) is 17.1. The number of nitrogens with zero attached hydrogens (tertiary/aromatic N) is 1. The van der Waals surface area contributed by atoms with E-state index in [0.717, 1.165) is 38.8 Å². The number of ether oxygens (including phenoxy) is 1. The zero-order valence-corrected chi connectivity index (χ0v) is 18.0. The summed E-state index contributed by atoms with van der Waals surface area (Å²) in [5.74, 6) is 1.48. The molecular formula is C24H25N3O3S. The van der Waals surface area contributed by atoms with E-state index in [-0.39, 0.29) is 12.5 Å². The van der Waals surface area contributed by atoms with Crippen LogP contribution in [-0.4, -0.2) is 38.9 Å². The van der Waals surface area contributed by atoms with E-state index in [1.165, 1.54) is 25.7 Å². The number of H-pyrrole nitrogens is 1. The van der Waals surface area contributed by atoms with Crippen LogP contribution in [0.4, 0.5) is 5.69 Å². The number of nitrogens with one attached hydrogen (secondary N) is 2. The van der Waals surface area contributed by atoms with Gasteiger partial charge < -0.3 is 20.1 Å². The fourth-order valence-electron chi connectivity index (χ4n) is 4.29. The summed E-state index contributed by atoms with van der Waals surface area (Å²) in [7, 11) is 0. The van der Waals surface area contributed by atoms with Gasteiger partial charge in [-0.2, -0.15) is 0 Å². The van der Waals surface area contributed by atoms with Gasteiger partial charge in [0.1, 0.15) is 16.5 Å². The molecule has 0 saturated heterocycles. The van der Waals surface area contributed by atoms with Crippen molar-refractivity contribution in [3.63, 3.8) is 0 Å². The molecule has 2 aliphatic rings. The summed E-state index contributed by atoms with van der Waals surface area (Å²) < 4.78 is 6.13. The van der Waals surface area contributed by atoms with E-state index in [1.54, 1.807) is 11.8 Å². The molecule has 0 radical (unpaired) electrons. The Morgan fingerprint density at radius 1 is 1.16 bits per heavy atom. The predicted octanol–water partition coefficient (Wildman–Crippen LogP) is 5.65. The summed E-state index contributed by atoms with van der Waals surface area (Å²) in [6, 6.07) is 16.3. The van der Waals surface area contributed by atoms with Crippen molar-refractivity contribution in [2.45, 2.75) is 44.2 Å². The number of carboxylic acid groups (broad SMARTS) is 1. The maximum atomic E-state index is 11.0. The Hall–Kier alpha value is -2.93. The number of carbonyl (C=O) groups is 1. The molecule has 2 heterocycles. The molecular weight excluding hydrogens is 410 g/mol. The molecule has 1 aliphatic heterocycles. The van der Waals surface area contributed by atoms with Gasteiger partial charge in [0.25, 0.3) is 0 Å². The minimum absolute atomic E-state index is 0.0697. The fraction of sp³-hybridized carbons (Fsp3) is 0.333. The van der Waals surface area contributed by atoms with Crippen LogP contribution < -0.4 is 10.1 Å². The third-order valence-corrected chi connectivity index (χ3v) is 6.90. The highest BCUT2D eigenvalue weighted by Gasteiger charge is 2.24. The lowest BCUT2D eigenvalue weighted by atomic mass is 10.1. The number of carboxylic acids is 1. The SMILES string of the molecule is O=C(O)C[C@@H]1CSC(c2cc3cc(Oc4ccccc4)cc(NC4CCCC4)c3[nH]2)=N1. The molecule has 0 spiro atoms. The van der Waals surface area contributed by atoms with Gasteiger partial charge in [-0.1, -0.05) is 31.0 Å². The third kappa shape index (κ3) is 4.56. The second kappa shape index (κ2) is 8.67. The lowest BCUT2D eigenvalue weighted by molar-refractivity contribution is -0.137. The summed E-state index contributed by atoms with van der Waals surface area (Å²) in [5, 5.41) is 14.7. The first-order valence-electron chi connectivity index (χ1n) is 10.7. The second-order valence-electron chi connectivity index (χ2n) is 8.16. The molecule has 1 aromatic heterocycles. The van der Waals surface area contributed by atoms with Crippen LogP contribution in [0.25, 0.3) is 10.9 Å². The van der Waals surface area contributed by atoms with Crippen molar-refractivity contribution in [2.24, 2.45) is 4.99 Å². The Bertz CT molecular complexity index is 1120. The van der Waals surface area contributed by atoms with Gasteiger partial charge in [-0.05, 0) is 37.1 Å². The van der Waals surface area contributed by atoms with E-state index >= 15 is 0 Å². The number of fused-ring (bicyclic) bond motifs is 1. The van der Waals surface area contributed by atoms with Crippen LogP contribution >= 0.6 is 11.8 Å². The van der Waals surface area contributed by atoms with Crippen LogP contribution in [0.2, 0.25) is 0 Å². The number of rotatable bonds is 7. The van der Waals surface area contributed by atoms with Gasteiger partial charge in [0.05, 0.1) is 29.4 Å². The molecule has 5 rings (SSSR count). The number of aliphatic carboxylic acids is 1. The van der Waals surface area contributed by atoms with E-state index in [2.05, 4.69) is 27.4 Å². The monoisotopic (exact) mass is 435 g/mol. The minimum Gasteiger partial charge on any atom is -0.481 e. The number of aromatic amines is 1. The third-order valence-electron chi connectivity index (χ3n) is 5.75. The fourth-order valence-corrected chi connectivity index (χ4v) is 5.32. The standard InChI is InChI=1S/C24H25N3O3S/c28-22(29)12-17-14-31-24(26-17)21-11-15-10-19(30-18-8-2-1-3-9-18)13-20(23(15)27-21)25-16-6-4-5-7-16/h1-3,8-11,13,16-17,25,27H,4-7,12,14H2,(H,28,29)/t17-/m1/s1. The van der Waals surface area contributed by atoms with E-state index in [9.17, 15) is 4.79 Å². The van der Waals surface area contributed by atoms with Crippen molar-refractivity contribution < 1.29 is 14.6 Å². The molecule has 1 fully saturated rings. The lowest BCUT2D eigenvalue weighted by Gasteiger charge is -2.16. The van der Waals surface area contributed by atoms with E-state index in [4.69, 9.17) is 9.84 Å². The number of anilines is 1. The number of para-hydroxylation sites is 1. The van der Waals surface area contributed by atoms with Crippen LogP contribution in [-0.2, 0) is 4.79 Å². The second-order valence-corrected chi connectivity index (χ2v) is 9.16. The largest absolute Gasteiger partial charge is 0.481 e. The predicted molar refractivity (Wildman–Crippen MR) is 126 cm³/mol. The molecule has 0 bridgehead atoms. The first kappa shape index (κ1) is 20.0. The highest BCUT2D eigenvalue weighted by molar-refractivity contribution is 8.14. The number of thioether (sulfide) groups is 1. The molecule has 3 N–H and O–H groups in total. The summed E-state index contributed by atoms with van der Waals surface area (Å²) in [4.78, 5) is 19.2. The van der Waals surface area contributed by atoms with Gasteiger partial charge >= 0.3 is 5.97 Å². The topological polar surface area (TPSA) is 86.7 Å². The van der Waals surface area contributed by atoms with Crippen molar-refractivity contribution in [2.75, 3.05) is 11.1 Å². The van der Waals surface area contributed by atoms with Gasteiger partial charge in [0.2, 0.25) is 0 Å². The summed E-state index contributed by atoms with van der Waals surface area (Å²) in [5.41, 5.74) is 3.00. The van der Waals surface area contributed by atoms with Gasteiger partial charge in [-0.15, -0.1) is 11.8 Å². The van der Waals surface area contributed by atoms with E-state index in [1.807, 2.05) is 36.4 Å². The molecule has 1 atom stereocenters. The molecule has 1 aliphatic carbocycles. The van der Waals surface area contributed by atoms with Gasteiger partial charge in [-0.25, -0.2) is 0 Å².